The molecule has 0 atom stereocenters. The number of nitrogens with two attached hydrogens (primary N) is 1. The Hall–Kier alpha value is -1.43. The molecule has 0 fully saturated rings. The summed E-state index contributed by atoms with van der Waals surface area (Å²) in [5.74, 6) is 0.125. The molecule has 0 spiro atoms. The largest absolute Gasteiger partial charge is 0.393 e. The highest BCUT2D eigenvalue weighted by Gasteiger charge is 2.16. The molecule has 2 N–H and O–H groups in total. The standard InChI is InChI=1S/C14H22N4OS/c1-17(8-6-13(15)20)14(19)7-9-18-10-16-11-4-2-3-5-12(11)18/h10H,2-9H2,1H3,(H2,15,20). The van der Waals surface area contributed by atoms with Gasteiger partial charge in [0, 0.05) is 38.7 Å². The third-order valence-electron chi connectivity index (χ3n) is 3.80. The molecule has 1 aliphatic rings. The average molecular weight is 294 g/mol. The molecular formula is C14H22N4OS. The van der Waals surface area contributed by atoms with Gasteiger partial charge in [-0.1, -0.05) is 12.2 Å². The molecule has 6 heteroatoms. The van der Waals surface area contributed by atoms with Crippen molar-refractivity contribution < 1.29 is 4.79 Å². The summed E-state index contributed by atoms with van der Waals surface area (Å²) in [4.78, 5) is 18.6. The minimum absolute atomic E-state index is 0.125. The summed E-state index contributed by atoms with van der Waals surface area (Å²) in [7, 11) is 1.80. The topological polar surface area (TPSA) is 64.2 Å². The summed E-state index contributed by atoms with van der Waals surface area (Å²) in [5.41, 5.74) is 7.98. The summed E-state index contributed by atoms with van der Waals surface area (Å²) >= 11 is 4.82. The van der Waals surface area contributed by atoms with Gasteiger partial charge in [0.1, 0.15) is 0 Å². The lowest BCUT2D eigenvalue weighted by Gasteiger charge is -2.18. The molecule has 1 aliphatic carbocycles. The molecule has 0 radical (unpaired) electrons. The maximum atomic E-state index is 12.0. The Balaban J connectivity index is 1.84. The van der Waals surface area contributed by atoms with Gasteiger partial charge >= 0.3 is 0 Å². The first kappa shape index (κ1) is 15.0. The Morgan fingerprint density at radius 3 is 2.95 bits per heavy atom. The van der Waals surface area contributed by atoms with Crippen molar-refractivity contribution in [1.82, 2.24) is 14.5 Å². The van der Waals surface area contributed by atoms with E-state index in [1.54, 1.807) is 11.9 Å². The average Bonchev–Trinajstić information content (AvgIpc) is 2.85. The van der Waals surface area contributed by atoms with E-state index in [0.717, 1.165) is 12.8 Å². The van der Waals surface area contributed by atoms with Gasteiger partial charge in [0.25, 0.3) is 0 Å². The number of amides is 1. The molecule has 2 rings (SSSR count). The zero-order valence-corrected chi connectivity index (χ0v) is 12.8. The molecular weight excluding hydrogens is 272 g/mol. The summed E-state index contributed by atoms with van der Waals surface area (Å²) in [5, 5.41) is 0. The van der Waals surface area contributed by atoms with Crippen molar-refractivity contribution in [3.63, 3.8) is 0 Å². The van der Waals surface area contributed by atoms with Crippen molar-refractivity contribution >= 4 is 23.1 Å². The zero-order valence-electron chi connectivity index (χ0n) is 12.0. The van der Waals surface area contributed by atoms with Crippen LogP contribution in [0.4, 0.5) is 0 Å². The van der Waals surface area contributed by atoms with E-state index in [2.05, 4.69) is 9.55 Å². The highest BCUT2D eigenvalue weighted by molar-refractivity contribution is 7.80. The summed E-state index contributed by atoms with van der Waals surface area (Å²) < 4.78 is 2.13. The van der Waals surface area contributed by atoms with Crippen LogP contribution in [0, 0.1) is 0 Å². The van der Waals surface area contributed by atoms with Crippen LogP contribution in [-0.4, -0.2) is 38.9 Å². The Kier molecular flexibility index (Phi) is 5.11. The van der Waals surface area contributed by atoms with E-state index < -0.39 is 0 Å². The number of nitrogens with zero attached hydrogens (tertiary/aromatic N) is 3. The molecule has 0 unspecified atom stereocenters. The number of aromatic nitrogens is 2. The molecule has 0 saturated heterocycles. The lowest BCUT2D eigenvalue weighted by Crippen LogP contribution is -2.30. The number of thiocarbonyl (C=S) groups is 1. The third kappa shape index (κ3) is 3.79. The van der Waals surface area contributed by atoms with E-state index in [0.29, 0.717) is 30.9 Å². The number of hydrogen-bond acceptors (Lipinski definition) is 3. The summed E-state index contributed by atoms with van der Waals surface area (Å²) in [6, 6.07) is 0. The van der Waals surface area contributed by atoms with E-state index >= 15 is 0 Å². The van der Waals surface area contributed by atoms with Gasteiger partial charge in [-0.3, -0.25) is 4.79 Å². The van der Waals surface area contributed by atoms with E-state index in [1.165, 1.54) is 24.2 Å². The third-order valence-corrected chi connectivity index (χ3v) is 4.00. The molecule has 110 valence electrons. The van der Waals surface area contributed by atoms with E-state index in [-0.39, 0.29) is 5.91 Å². The van der Waals surface area contributed by atoms with Gasteiger partial charge < -0.3 is 15.2 Å². The quantitative estimate of drug-likeness (QED) is 0.803. The highest BCUT2D eigenvalue weighted by Crippen LogP contribution is 2.20. The van der Waals surface area contributed by atoms with Crippen molar-refractivity contribution in [1.29, 1.82) is 0 Å². The second-order valence-corrected chi connectivity index (χ2v) is 5.84. The molecule has 0 bridgehead atoms. The molecule has 1 amide bonds. The Labute approximate surface area is 125 Å². The number of fused-ring (bicyclic) bond motifs is 1. The number of imidazole rings is 1. The van der Waals surface area contributed by atoms with E-state index in [9.17, 15) is 4.79 Å². The predicted octanol–water partition coefficient (Wildman–Crippen LogP) is 1.29. The summed E-state index contributed by atoms with van der Waals surface area (Å²) in [6.45, 7) is 1.30. The minimum Gasteiger partial charge on any atom is -0.393 e. The van der Waals surface area contributed by atoms with Crippen LogP contribution >= 0.6 is 12.2 Å². The minimum atomic E-state index is 0.125. The van der Waals surface area contributed by atoms with Gasteiger partial charge in [-0.25, -0.2) is 4.98 Å². The van der Waals surface area contributed by atoms with Crippen molar-refractivity contribution in [2.45, 2.75) is 45.1 Å². The van der Waals surface area contributed by atoms with Crippen molar-refractivity contribution in [3.05, 3.63) is 17.7 Å². The fourth-order valence-corrected chi connectivity index (χ4v) is 2.62. The smallest absolute Gasteiger partial charge is 0.224 e. The van der Waals surface area contributed by atoms with Gasteiger partial charge in [-0.05, 0) is 25.7 Å². The normalized spacial score (nSPS) is 13.8. The van der Waals surface area contributed by atoms with Crippen LogP contribution in [0.3, 0.4) is 0 Å². The van der Waals surface area contributed by atoms with Crippen LogP contribution in [0.2, 0.25) is 0 Å². The molecule has 0 saturated carbocycles. The molecule has 0 aliphatic heterocycles. The molecule has 0 aromatic carbocycles. The molecule has 20 heavy (non-hydrogen) atoms. The lowest BCUT2D eigenvalue weighted by atomic mass is 10.0. The lowest BCUT2D eigenvalue weighted by molar-refractivity contribution is -0.130. The summed E-state index contributed by atoms with van der Waals surface area (Å²) in [6.07, 6.45) is 7.56. The van der Waals surface area contributed by atoms with Crippen LogP contribution in [0.25, 0.3) is 0 Å². The zero-order chi connectivity index (χ0) is 14.5. The van der Waals surface area contributed by atoms with Crippen molar-refractivity contribution in [3.8, 4) is 0 Å². The number of carbonyl (C=O) groups excluding carboxylic acids is 1. The van der Waals surface area contributed by atoms with Gasteiger partial charge in [-0.15, -0.1) is 0 Å². The molecule has 1 heterocycles. The first-order valence-electron chi connectivity index (χ1n) is 7.13. The first-order valence-corrected chi connectivity index (χ1v) is 7.54. The highest BCUT2D eigenvalue weighted by atomic mass is 32.1. The first-order chi connectivity index (χ1) is 9.58. The van der Waals surface area contributed by atoms with Gasteiger partial charge in [0.05, 0.1) is 17.0 Å². The van der Waals surface area contributed by atoms with Gasteiger partial charge in [-0.2, -0.15) is 0 Å². The van der Waals surface area contributed by atoms with E-state index in [1.807, 2.05) is 6.33 Å². The molecule has 5 nitrogen and oxygen atoms in total. The van der Waals surface area contributed by atoms with Crippen LogP contribution in [-0.2, 0) is 24.2 Å². The Morgan fingerprint density at radius 1 is 1.45 bits per heavy atom. The molecule has 1 aromatic heterocycles. The SMILES string of the molecule is CN(CCC(N)=S)C(=O)CCn1cnc2c1CCCC2. The fraction of sp³-hybridized carbons (Fsp3) is 0.643. The van der Waals surface area contributed by atoms with E-state index in [4.69, 9.17) is 18.0 Å². The maximum absolute atomic E-state index is 12.0. The van der Waals surface area contributed by atoms with Crippen LogP contribution < -0.4 is 5.73 Å². The van der Waals surface area contributed by atoms with Crippen LogP contribution in [0.5, 0.6) is 0 Å². The second kappa shape index (κ2) is 6.83. The second-order valence-electron chi connectivity index (χ2n) is 5.32. The Morgan fingerprint density at radius 2 is 2.20 bits per heavy atom. The van der Waals surface area contributed by atoms with Crippen molar-refractivity contribution in [2.75, 3.05) is 13.6 Å². The predicted molar refractivity (Wildman–Crippen MR) is 82.5 cm³/mol. The van der Waals surface area contributed by atoms with Crippen LogP contribution in [0.1, 0.15) is 37.1 Å². The van der Waals surface area contributed by atoms with Gasteiger partial charge in [0.15, 0.2) is 0 Å². The number of aryl methyl sites for hydroxylation is 2. The Bertz CT molecular complexity index is 497. The monoisotopic (exact) mass is 294 g/mol. The number of rotatable bonds is 6. The fourth-order valence-electron chi connectivity index (χ4n) is 2.53. The van der Waals surface area contributed by atoms with Crippen molar-refractivity contribution in [2.24, 2.45) is 5.73 Å². The molecule has 1 aromatic rings. The number of carbonyl (C=O) groups is 1. The van der Waals surface area contributed by atoms with Crippen LogP contribution in [0.15, 0.2) is 6.33 Å². The van der Waals surface area contributed by atoms with Gasteiger partial charge in [0.2, 0.25) is 5.91 Å². The number of hydrogen-bond donors (Lipinski definition) is 1. The maximum Gasteiger partial charge on any atom is 0.224 e.